The highest BCUT2D eigenvalue weighted by Crippen LogP contribution is 2.19. The van der Waals surface area contributed by atoms with E-state index < -0.39 is 27.1 Å². The zero-order valence-corrected chi connectivity index (χ0v) is 7.97. The van der Waals surface area contributed by atoms with Crippen LogP contribution in [0.15, 0.2) is 47.3 Å². The highest BCUT2D eigenvalue weighted by atomic mass is 32.2. The Morgan fingerprint density at radius 2 is 1.60 bits per heavy atom. The van der Waals surface area contributed by atoms with Gasteiger partial charge in [-0.2, -0.15) is 21.6 Å². The average Bonchev–Trinajstić information content (AvgIpc) is 2.18. The first-order valence-electron chi connectivity index (χ1n) is 3.64. The van der Waals surface area contributed by atoms with E-state index in [2.05, 4.69) is 4.18 Å². The standard InChI is InChI=1S/C8H5F3O3S/c9-7(10)8(11)14-15(12,13)6-4-2-1-3-5-6/h1-5H. The van der Waals surface area contributed by atoms with Crippen molar-refractivity contribution in [3.63, 3.8) is 0 Å². The number of hydrogen-bond acceptors (Lipinski definition) is 3. The number of hydrogen-bond donors (Lipinski definition) is 0. The second kappa shape index (κ2) is 4.35. The monoisotopic (exact) mass is 238 g/mol. The third kappa shape index (κ3) is 2.98. The first-order chi connectivity index (χ1) is 6.93. The highest BCUT2D eigenvalue weighted by Gasteiger charge is 2.20. The molecule has 0 saturated heterocycles. The number of rotatable bonds is 3. The van der Waals surface area contributed by atoms with Crippen LogP contribution >= 0.6 is 0 Å². The van der Waals surface area contributed by atoms with Crippen LogP contribution in [0.25, 0.3) is 0 Å². The summed E-state index contributed by atoms with van der Waals surface area (Å²) < 4.78 is 61.2. The zero-order chi connectivity index (χ0) is 11.5. The summed E-state index contributed by atoms with van der Waals surface area (Å²) in [5, 5.41) is 0. The van der Waals surface area contributed by atoms with E-state index in [9.17, 15) is 21.6 Å². The van der Waals surface area contributed by atoms with Gasteiger partial charge in [0.2, 0.25) is 0 Å². The van der Waals surface area contributed by atoms with Crippen molar-refractivity contribution in [1.29, 1.82) is 0 Å². The van der Waals surface area contributed by atoms with Gasteiger partial charge in [-0.25, -0.2) is 0 Å². The van der Waals surface area contributed by atoms with Crippen molar-refractivity contribution in [2.75, 3.05) is 0 Å². The van der Waals surface area contributed by atoms with Crippen LogP contribution in [0.1, 0.15) is 0 Å². The van der Waals surface area contributed by atoms with Crippen molar-refractivity contribution in [1.82, 2.24) is 0 Å². The minimum absolute atomic E-state index is 0.401. The maximum absolute atomic E-state index is 12.2. The summed E-state index contributed by atoms with van der Waals surface area (Å²) in [5.41, 5.74) is 0. The number of halogens is 3. The van der Waals surface area contributed by atoms with E-state index in [0.717, 1.165) is 12.1 Å². The lowest BCUT2D eigenvalue weighted by Gasteiger charge is -2.02. The Balaban J connectivity index is 3.02. The van der Waals surface area contributed by atoms with Crippen molar-refractivity contribution >= 4 is 10.1 Å². The molecule has 0 N–H and O–H groups in total. The van der Waals surface area contributed by atoms with Gasteiger partial charge in [-0.05, 0) is 12.1 Å². The largest absolute Gasteiger partial charge is 0.355 e. The Kier molecular flexibility index (Phi) is 3.35. The molecule has 0 aliphatic heterocycles. The molecule has 0 saturated carbocycles. The van der Waals surface area contributed by atoms with Crippen LogP contribution in [0.5, 0.6) is 0 Å². The average molecular weight is 238 g/mol. The smallest absolute Gasteiger partial charge is 0.343 e. The van der Waals surface area contributed by atoms with E-state index in [1.165, 1.54) is 18.2 Å². The molecular weight excluding hydrogens is 233 g/mol. The first kappa shape index (κ1) is 11.6. The van der Waals surface area contributed by atoms with Crippen LogP contribution in [0.4, 0.5) is 13.2 Å². The maximum atomic E-state index is 12.2. The molecule has 1 rings (SSSR count). The van der Waals surface area contributed by atoms with Gasteiger partial charge in [0.1, 0.15) is 4.90 Å². The van der Waals surface area contributed by atoms with E-state index in [1.807, 2.05) is 0 Å². The van der Waals surface area contributed by atoms with Crippen molar-refractivity contribution in [3.8, 4) is 0 Å². The number of benzene rings is 1. The molecule has 0 aromatic heterocycles. The van der Waals surface area contributed by atoms with Crippen molar-refractivity contribution in [2.45, 2.75) is 4.90 Å². The van der Waals surface area contributed by atoms with Crippen LogP contribution in [-0.2, 0) is 14.3 Å². The van der Waals surface area contributed by atoms with Crippen LogP contribution in [0, 0.1) is 0 Å². The van der Waals surface area contributed by atoms with Crippen LogP contribution in [0.3, 0.4) is 0 Å². The van der Waals surface area contributed by atoms with Crippen molar-refractivity contribution in [2.24, 2.45) is 0 Å². The fraction of sp³-hybridized carbons (Fsp3) is 0. The summed E-state index contributed by atoms with van der Waals surface area (Å²) in [6.07, 6.45) is -2.82. The molecule has 1 aromatic rings. The molecule has 0 unspecified atom stereocenters. The van der Waals surface area contributed by atoms with Gasteiger partial charge in [-0.1, -0.05) is 18.2 Å². The quantitative estimate of drug-likeness (QED) is 0.600. The molecule has 0 aliphatic carbocycles. The van der Waals surface area contributed by atoms with Crippen LogP contribution in [-0.4, -0.2) is 8.42 Å². The summed E-state index contributed by atoms with van der Waals surface area (Å²) in [6, 6.07) is 3.99. The van der Waals surface area contributed by atoms with Gasteiger partial charge in [-0.15, -0.1) is 0 Å². The Bertz CT molecular complexity index is 463. The molecule has 0 fully saturated rings. The van der Waals surface area contributed by atoms with E-state index in [0.29, 0.717) is 0 Å². The third-order valence-corrected chi connectivity index (χ3v) is 2.58. The summed E-state index contributed by atoms with van der Waals surface area (Å²) in [5.74, 6) is 0. The molecule has 1 aromatic carbocycles. The third-order valence-electron chi connectivity index (χ3n) is 1.36. The summed E-state index contributed by atoms with van der Waals surface area (Å²) in [4.78, 5) is -0.401. The summed E-state index contributed by atoms with van der Waals surface area (Å²) in [7, 11) is -4.52. The van der Waals surface area contributed by atoms with Crippen molar-refractivity contribution < 1.29 is 25.8 Å². The fourth-order valence-electron chi connectivity index (χ4n) is 0.763. The minimum Gasteiger partial charge on any atom is -0.343 e. The van der Waals surface area contributed by atoms with Crippen LogP contribution in [0.2, 0.25) is 0 Å². The normalized spacial score (nSPS) is 10.9. The molecule has 0 atom stereocenters. The highest BCUT2D eigenvalue weighted by molar-refractivity contribution is 7.86. The van der Waals surface area contributed by atoms with Crippen LogP contribution < -0.4 is 0 Å². The Morgan fingerprint density at radius 3 is 2.07 bits per heavy atom. The second-order valence-electron chi connectivity index (χ2n) is 2.38. The van der Waals surface area contributed by atoms with E-state index >= 15 is 0 Å². The molecular formula is C8H5F3O3S. The molecule has 7 heteroatoms. The van der Waals surface area contributed by atoms with E-state index in [-0.39, 0.29) is 0 Å². The lowest BCUT2D eigenvalue weighted by Crippen LogP contribution is -2.04. The Morgan fingerprint density at radius 1 is 1.07 bits per heavy atom. The van der Waals surface area contributed by atoms with Gasteiger partial charge in [0, 0.05) is 0 Å². The predicted molar refractivity (Wildman–Crippen MR) is 45.1 cm³/mol. The maximum Gasteiger partial charge on any atom is 0.355 e. The Hall–Kier alpha value is -1.50. The van der Waals surface area contributed by atoms with Crippen molar-refractivity contribution in [3.05, 3.63) is 42.4 Å². The lowest BCUT2D eigenvalue weighted by molar-refractivity contribution is 0.245. The molecule has 0 aliphatic rings. The second-order valence-corrected chi connectivity index (χ2v) is 3.93. The van der Waals surface area contributed by atoms with E-state index in [1.54, 1.807) is 0 Å². The summed E-state index contributed by atoms with van der Waals surface area (Å²) >= 11 is 0. The zero-order valence-electron chi connectivity index (χ0n) is 7.15. The van der Waals surface area contributed by atoms with Gasteiger partial charge < -0.3 is 4.18 Å². The van der Waals surface area contributed by atoms with Gasteiger partial charge >= 0.3 is 22.2 Å². The molecule has 3 nitrogen and oxygen atoms in total. The van der Waals surface area contributed by atoms with Gasteiger partial charge in [-0.3, -0.25) is 0 Å². The van der Waals surface area contributed by atoms with Gasteiger partial charge in [0.25, 0.3) is 0 Å². The van der Waals surface area contributed by atoms with Gasteiger partial charge in [0.05, 0.1) is 0 Å². The fourth-order valence-corrected chi connectivity index (χ4v) is 1.61. The Labute approximate surface area is 83.9 Å². The molecule has 0 amide bonds. The molecule has 0 spiro atoms. The molecule has 0 radical (unpaired) electrons. The molecule has 15 heavy (non-hydrogen) atoms. The molecule has 0 heterocycles. The summed E-state index contributed by atoms with van der Waals surface area (Å²) in [6.45, 7) is 0. The minimum atomic E-state index is -4.52. The molecule has 82 valence electrons. The van der Waals surface area contributed by atoms with Gasteiger partial charge in [0.15, 0.2) is 0 Å². The first-order valence-corrected chi connectivity index (χ1v) is 5.04. The topological polar surface area (TPSA) is 43.4 Å². The van der Waals surface area contributed by atoms with E-state index in [4.69, 9.17) is 0 Å². The molecule has 0 bridgehead atoms. The lowest BCUT2D eigenvalue weighted by atomic mass is 10.4. The SMILES string of the molecule is O=S(=O)(OC(F)=C(F)F)c1ccccc1. The predicted octanol–water partition coefficient (Wildman–Crippen LogP) is 2.43.